The molecule has 0 amide bonds. The fourth-order valence-corrected chi connectivity index (χ4v) is 3.20. The molecule has 0 saturated carbocycles. The van der Waals surface area contributed by atoms with Crippen molar-refractivity contribution in [1.29, 1.82) is 0 Å². The fraction of sp³-hybridized carbons (Fsp3) is 0.400. The summed E-state index contributed by atoms with van der Waals surface area (Å²) in [6.45, 7) is 2.19. The predicted molar refractivity (Wildman–Crippen MR) is 92.3 cm³/mol. The second-order valence-electron chi connectivity index (χ2n) is 6.12. The third kappa shape index (κ3) is 4.34. The van der Waals surface area contributed by atoms with E-state index in [1.165, 1.54) is 6.08 Å². The lowest BCUT2D eigenvalue weighted by atomic mass is 9.69. The topological polar surface area (TPSA) is 63.6 Å². The number of rotatable bonds is 7. The molecule has 4 nitrogen and oxygen atoms in total. The average Bonchev–Trinajstić information content (AvgIpc) is 2.60. The molecule has 2 rings (SSSR count). The molecule has 0 fully saturated rings. The minimum atomic E-state index is -0.872. The first-order valence-corrected chi connectivity index (χ1v) is 8.41. The van der Waals surface area contributed by atoms with Crippen LogP contribution in [0, 0.1) is 5.41 Å². The van der Waals surface area contributed by atoms with Crippen LogP contribution < -0.4 is 0 Å². The zero-order chi connectivity index (χ0) is 17.4. The molecule has 0 radical (unpaired) electrons. The van der Waals surface area contributed by atoms with Crippen molar-refractivity contribution in [2.24, 2.45) is 5.41 Å². The van der Waals surface area contributed by atoms with E-state index < -0.39 is 17.4 Å². The van der Waals surface area contributed by atoms with E-state index in [1.54, 1.807) is 6.08 Å². The van der Waals surface area contributed by atoms with Gasteiger partial charge in [-0.05, 0) is 36.8 Å². The van der Waals surface area contributed by atoms with Gasteiger partial charge in [0.15, 0.2) is 0 Å². The highest BCUT2D eigenvalue weighted by Crippen LogP contribution is 2.42. The maximum absolute atomic E-state index is 11.9. The van der Waals surface area contributed by atoms with Crippen molar-refractivity contribution < 1.29 is 19.4 Å². The Labute approximate surface area is 142 Å². The number of benzene rings is 1. The zero-order valence-electron chi connectivity index (χ0n) is 14.0. The van der Waals surface area contributed by atoms with E-state index in [1.807, 2.05) is 43.3 Å². The Kier molecular flexibility index (Phi) is 6.36. The number of carboxylic acids is 1. The van der Waals surface area contributed by atoms with Crippen molar-refractivity contribution in [3.63, 3.8) is 0 Å². The van der Waals surface area contributed by atoms with Gasteiger partial charge in [0.05, 0.1) is 5.41 Å². The molecule has 4 heteroatoms. The normalized spacial score (nSPS) is 20.6. The van der Waals surface area contributed by atoms with Gasteiger partial charge in [-0.1, -0.05) is 55.8 Å². The van der Waals surface area contributed by atoms with Gasteiger partial charge in [0.25, 0.3) is 0 Å². The highest BCUT2D eigenvalue weighted by Gasteiger charge is 2.41. The van der Waals surface area contributed by atoms with Gasteiger partial charge in [-0.3, -0.25) is 4.79 Å². The Hall–Kier alpha value is -2.36. The van der Waals surface area contributed by atoms with Gasteiger partial charge in [0, 0.05) is 6.08 Å². The number of ether oxygens (including phenoxy) is 1. The van der Waals surface area contributed by atoms with Crippen LogP contribution >= 0.6 is 0 Å². The van der Waals surface area contributed by atoms with E-state index in [-0.39, 0.29) is 6.61 Å². The average molecular weight is 328 g/mol. The molecule has 1 aliphatic rings. The molecule has 24 heavy (non-hydrogen) atoms. The Morgan fingerprint density at radius 3 is 2.71 bits per heavy atom. The van der Waals surface area contributed by atoms with Gasteiger partial charge in [-0.15, -0.1) is 0 Å². The van der Waals surface area contributed by atoms with E-state index >= 15 is 0 Å². The second kappa shape index (κ2) is 8.48. The van der Waals surface area contributed by atoms with Crippen molar-refractivity contribution in [2.45, 2.75) is 45.6 Å². The van der Waals surface area contributed by atoms with Crippen molar-refractivity contribution in [2.75, 3.05) is 0 Å². The number of allylic oxidation sites excluding steroid dienone is 2. The van der Waals surface area contributed by atoms with Crippen molar-refractivity contribution >= 4 is 11.9 Å². The minimum Gasteiger partial charge on any atom is -0.481 e. The van der Waals surface area contributed by atoms with Gasteiger partial charge in [-0.25, -0.2) is 4.79 Å². The van der Waals surface area contributed by atoms with Crippen LogP contribution in [0.15, 0.2) is 54.1 Å². The number of aliphatic carboxylic acids is 1. The standard InChI is InChI=1S/C20H24O4/c1-2-13-20(19(22)23)14-7-6-10-17(20)11-12-18(21)24-15-16-8-4-3-5-9-16/h3-5,8-12H,2,6-7,13-15H2,1H3,(H,22,23)/t20-/m0/s1. The summed E-state index contributed by atoms with van der Waals surface area (Å²) in [5.41, 5.74) is 0.769. The molecule has 0 unspecified atom stereocenters. The lowest BCUT2D eigenvalue weighted by Gasteiger charge is -2.33. The van der Waals surface area contributed by atoms with E-state index in [0.717, 1.165) is 30.4 Å². The van der Waals surface area contributed by atoms with Crippen LogP contribution in [0.4, 0.5) is 0 Å². The molecule has 1 aliphatic carbocycles. The third-order valence-corrected chi connectivity index (χ3v) is 4.43. The number of carboxylic acid groups (broad SMARTS) is 1. The van der Waals surface area contributed by atoms with Crippen LogP contribution in [0.2, 0.25) is 0 Å². The monoisotopic (exact) mass is 328 g/mol. The van der Waals surface area contributed by atoms with Crippen LogP contribution in [-0.2, 0) is 20.9 Å². The molecule has 1 N–H and O–H groups in total. The molecule has 1 aromatic carbocycles. The summed E-state index contributed by atoms with van der Waals surface area (Å²) >= 11 is 0. The minimum absolute atomic E-state index is 0.210. The maximum atomic E-state index is 11.9. The van der Waals surface area contributed by atoms with E-state index in [9.17, 15) is 14.7 Å². The molecular formula is C20H24O4. The molecule has 0 spiro atoms. The van der Waals surface area contributed by atoms with Crippen molar-refractivity contribution in [3.8, 4) is 0 Å². The largest absolute Gasteiger partial charge is 0.481 e. The van der Waals surface area contributed by atoms with E-state index in [0.29, 0.717) is 12.8 Å². The van der Waals surface area contributed by atoms with Gasteiger partial charge in [0.1, 0.15) is 6.61 Å². The Bertz CT molecular complexity index is 630. The summed E-state index contributed by atoms with van der Waals surface area (Å²) in [7, 11) is 0. The molecule has 0 aliphatic heterocycles. The summed E-state index contributed by atoms with van der Waals surface area (Å²) in [6, 6.07) is 9.45. The molecule has 0 saturated heterocycles. The summed E-state index contributed by atoms with van der Waals surface area (Å²) in [5, 5.41) is 9.72. The number of carbonyl (C=O) groups excluding carboxylic acids is 1. The first kappa shape index (κ1) is 18.0. The first-order chi connectivity index (χ1) is 11.6. The fourth-order valence-electron chi connectivity index (χ4n) is 3.20. The number of carbonyl (C=O) groups is 2. The summed E-state index contributed by atoms with van der Waals surface area (Å²) in [5.74, 6) is -1.27. The summed E-state index contributed by atoms with van der Waals surface area (Å²) < 4.78 is 5.21. The maximum Gasteiger partial charge on any atom is 0.331 e. The smallest absolute Gasteiger partial charge is 0.331 e. The lowest BCUT2D eigenvalue weighted by molar-refractivity contribution is -0.147. The van der Waals surface area contributed by atoms with Gasteiger partial charge in [0.2, 0.25) is 0 Å². The summed E-state index contributed by atoms with van der Waals surface area (Å²) in [4.78, 5) is 23.8. The predicted octanol–water partition coefficient (Wildman–Crippen LogP) is 4.27. The van der Waals surface area contributed by atoms with Crippen LogP contribution in [0.1, 0.15) is 44.6 Å². The molecular weight excluding hydrogens is 304 g/mol. The second-order valence-corrected chi connectivity index (χ2v) is 6.12. The van der Waals surface area contributed by atoms with E-state index in [4.69, 9.17) is 4.74 Å². The summed E-state index contributed by atoms with van der Waals surface area (Å²) in [6.07, 6.45) is 8.59. The zero-order valence-corrected chi connectivity index (χ0v) is 14.0. The van der Waals surface area contributed by atoms with Gasteiger partial charge >= 0.3 is 11.9 Å². The highest BCUT2D eigenvalue weighted by atomic mass is 16.5. The lowest BCUT2D eigenvalue weighted by Crippen LogP contribution is -2.34. The molecule has 0 heterocycles. The Balaban J connectivity index is 2.03. The van der Waals surface area contributed by atoms with Crippen LogP contribution in [-0.4, -0.2) is 17.0 Å². The highest BCUT2D eigenvalue weighted by molar-refractivity contribution is 5.84. The number of esters is 1. The van der Waals surface area contributed by atoms with Gasteiger partial charge in [-0.2, -0.15) is 0 Å². The molecule has 128 valence electrons. The van der Waals surface area contributed by atoms with Crippen LogP contribution in [0.3, 0.4) is 0 Å². The SMILES string of the molecule is CCC[C@]1(C(=O)O)CCCC=C1C=CC(=O)OCc1ccccc1. The quantitative estimate of drug-likeness (QED) is 0.600. The Morgan fingerprint density at radius 2 is 2.04 bits per heavy atom. The van der Waals surface area contributed by atoms with Gasteiger partial charge < -0.3 is 9.84 Å². The van der Waals surface area contributed by atoms with Crippen molar-refractivity contribution in [3.05, 3.63) is 59.7 Å². The number of hydrogen-bond acceptors (Lipinski definition) is 3. The van der Waals surface area contributed by atoms with E-state index in [2.05, 4.69) is 0 Å². The molecule has 1 atom stereocenters. The number of hydrogen-bond donors (Lipinski definition) is 1. The molecule has 0 bridgehead atoms. The third-order valence-electron chi connectivity index (χ3n) is 4.43. The van der Waals surface area contributed by atoms with Crippen LogP contribution in [0.25, 0.3) is 0 Å². The first-order valence-electron chi connectivity index (χ1n) is 8.41. The molecule has 1 aromatic rings. The van der Waals surface area contributed by atoms with Crippen molar-refractivity contribution in [1.82, 2.24) is 0 Å². The van der Waals surface area contributed by atoms with Crippen LogP contribution in [0.5, 0.6) is 0 Å². The Morgan fingerprint density at radius 1 is 1.29 bits per heavy atom. The molecule has 0 aromatic heterocycles.